The molecule has 208 valence electrons. The van der Waals surface area contributed by atoms with Crippen molar-refractivity contribution in [3.63, 3.8) is 0 Å². The molecular weight excluding hydrogens is 548 g/mol. The third-order valence-corrected chi connectivity index (χ3v) is 8.63. The molecule has 1 fully saturated rings. The van der Waals surface area contributed by atoms with Gasteiger partial charge in [-0.25, -0.2) is 14.6 Å². The zero-order valence-corrected chi connectivity index (χ0v) is 24.2. The van der Waals surface area contributed by atoms with Crippen LogP contribution in [0.15, 0.2) is 72.6 Å². The monoisotopic (exact) mass is 578 g/mol. The number of alkyl carbamates (subject to hydrolysis) is 1. The predicted octanol–water partition coefficient (Wildman–Crippen LogP) is 5.04. The third-order valence-electron chi connectivity index (χ3n) is 6.28. The molecular formula is C29H30N4O5S2. The van der Waals surface area contributed by atoms with Gasteiger partial charge in [-0.15, -0.1) is 11.8 Å². The van der Waals surface area contributed by atoms with Gasteiger partial charge in [-0.1, -0.05) is 72.0 Å². The van der Waals surface area contributed by atoms with Crippen LogP contribution in [0.5, 0.6) is 0 Å². The topological polar surface area (TPSA) is 110 Å². The van der Waals surface area contributed by atoms with Gasteiger partial charge in [0.15, 0.2) is 11.2 Å². The van der Waals surface area contributed by atoms with Gasteiger partial charge in [0.1, 0.15) is 22.7 Å². The minimum atomic E-state index is -0.822. The molecule has 2 N–H and O–H groups in total. The molecule has 2 unspecified atom stereocenters. The Hall–Kier alpha value is -3.83. The van der Waals surface area contributed by atoms with Gasteiger partial charge in [0.2, 0.25) is 0 Å². The number of carbonyl (C=O) groups excluding carboxylic acids is 3. The summed E-state index contributed by atoms with van der Waals surface area (Å²) in [6, 6.07) is 18.1. The number of nitrogens with zero attached hydrogens (tertiary/aromatic N) is 2. The normalized spacial score (nSPS) is 18.6. The molecule has 1 aromatic heterocycles. The molecule has 0 aliphatic carbocycles. The van der Waals surface area contributed by atoms with Gasteiger partial charge in [-0.2, -0.15) is 0 Å². The molecule has 2 aromatic carbocycles. The molecule has 0 bridgehead atoms. The van der Waals surface area contributed by atoms with E-state index in [4.69, 9.17) is 9.47 Å². The van der Waals surface area contributed by atoms with Crippen LogP contribution in [-0.4, -0.2) is 57.7 Å². The summed E-state index contributed by atoms with van der Waals surface area (Å²) in [5, 5.41) is 5.90. The summed E-state index contributed by atoms with van der Waals surface area (Å²) in [6.45, 7) is 5.26. The molecule has 3 aromatic rings. The maximum atomic E-state index is 14.0. The maximum absolute atomic E-state index is 14.0. The van der Waals surface area contributed by atoms with Gasteiger partial charge in [-0.05, 0) is 31.9 Å². The highest BCUT2D eigenvalue weighted by atomic mass is 32.2. The molecule has 2 aliphatic heterocycles. The second-order valence-corrected chi connectivity index (χ2v) is 12.4. The lowest BCUT2D eigenvalue weighted by atomic mass is 10.0. The van der Waals surface area contributed by atoms with E-state index in [0.717, 1.165) is 16.0 Å². The molecule has 0 saturated carbocycles. The second kappa shape index (κ2) is 11.3. The van der Waals surface area contributed by atoms with Gasteiger partial charge < -0.3 is 20.1 Å². The Bertz CT molecular complexity index is 1400. The Balaban J connectivity index is 1.49. The van der Waals surface area contributed by atoms with E-state index in [1.165, 1.54) is 28.0 Å². The Morgan fingerprint density at radius 1 is 1.05 bits per heavy atom. The number of nitrogens with one attached hydrogen (secondary N) is 2. The van der Waals surface area contributed by atoms with Crippen LogP contribution in [-0.2, 0) is 19.1 Å². The van der Waals surface area contributed by atoms with Crippen LogP contribution in [0.25, 0.3) is 5.57 Å². The van der Waals surface area contributed by atoms with Crippen molar-refractivity contribution in [2.45, 2.75) is 43.9 Å². The van der Waals surface area contributed by atoms with Gasteiger partial charge in [0, 0.05) is 24.6 Å². The number of aromatic nitrogens is 1. The number of hydrogen-bond donors (Lipinski definition) is 2. The number of thiazole rings is 1. The highest BCUT2D eigenvalue weighted by molar-refractivity contribution is 8.00. The quantitative estimate of drug-likeness (QED) is 0.297. The molecule has 0 spiro atoms. The summed E-state index contributed by atoms with van der Waals surface area (Å²) in [5.41, 5.74) is 1.73. The van der Waals surface area contributed by atoms with E-state index >= 15 is 0 Å². The van der Waals surface area contributed by atoms with Crippen molar-refractivity contribution >= 4 is 51.8 Å². The molecule has 40 heavy (non-hydrogen) atoms. The summed E-state index contributed by atoms with van der Waals surface area (Å²) in [5.74, 6) is -0.596. The fraction of sp³-hybridized carbons (Fsp3) is 0.310. The first-order valence-corrected chi connectivity index (χ1v) is 14.6. The van der Waals surface area contributed by atoms with E-state index in [1.54, 1.807) is 34.0 Å². The van der Waals surface area contributed by atoms with Crippen molar-refractivity contribution in [1.82, 2.24) is 15.2 Å². The van der Waals surface area contributed by atoms with Gasteiger partial charge in [0.05, 0.1) is 4.88 Å². The number of thioether (sulfide) groups is 1. The first-order chi connectivity index (χ1) is 19.2. The predicted molar refractivity (Wildman–Crippen MR) is 156 cm³/mol. The van der Waals surface area contributed by atoms with Crippen LogP contribution in [0, 0.1) is 0 Å². The van der Waals surface area contributed by atoms with Gasteiger partial charge in [-0.3, -0.25) is 9.69 Å². The van der Waals surface area contributed by atoms with Gasteiger partial charge in [0.25, 0.3) is 5.91 Å². The molecule has 5 rings (SSSR count). The minimum absolute atomic E-state index is 0.166. The average Bonchev–Trinajstić information content (AvgIpc) is 3.43. The first kappa shape index (κ1) is 27.7. The first-order valence-electron chi connectivity index (χ1n) is 12.8. The van der Waals surface area contributed by atoms with Crippen molar-refractivity contribution in [3.05, 3.63) is 88.6 Å². The van der Waals surface area contributed by atoms with E-state index in [0.29, 0.717) is 16.5 Å². The maximum Gasteiger partial charge on any atom is 0.408 e. The molecule has 2 atom stereocenters. The second-order valence-electron chi connectivity index (χ2n) is 10.2. The van der Waals surface area contributed by atoms with Crippen LogP contribution < -0.4 is 10.6 Å². The fourth-order valence-corrected chi connectivity index (χ4v) is 6.78. The number of ether oxygens (including phenoxy) is 2. The van der Waals surface area contributed by atoms with Crippen molar-refractivity contribution < 1.29 is 23.9 Å². The standard InChI is InChI=1S/C29H30N4O5S2/c1-29(2,3)38-28(36)32-21-24(34)33-22(19(16-39-25(21)33)20-15-31-27(30-4)40-20)26(35)37-23(17-11-7-5-8-12-17)18-13-9-6-10-14-18/h5-15,21,23,25H,16H2,1-4H3,(H,30,31)(H,32,36). The zero-order chi connectivity index (χ0) is 28.4. The van der Waals surface area contributed by atoms with E-state index in [9.17, 15) is 14.4 Å². The number of β-lactam (4-membered cyclic amide) rings is 1. The molecule has 2 aliphatic rings. The number of carbonyl (C=O) groups is 3. The number of esters is 1. The number of amides is 2. The van der Waals surface area contributed by atoms with Crippen LogP contribution in [0.1, 0.15) is 42.9 Å². The Kier molecular flexibility index (Phi) is 7.86. The molecule has 11 heteroatoms. The number of anilines is 1. The molecule has 9 nitrogen and oxygen atoms in total. The average molecular weight is 579 g/mol. The van der Waals surface area contributed by atoms with Crippen molar-refractivity contribution in [3.8, 4) is 0 Å². The zero-order valence-electron chi connectivity index (χ0n) is 22.5. The lowest BCUT2D eigenvalue weighted by Crippen LogP contribution is -2.70. The van der Waals surface area contributed by atoms with Crippen molar-refractivity contribution in [2.75, 3.05) is 18.1 Å². The number of rotatable bonds is 7. The summed E-state index contributed by atoms with van der Waals surface area (Å²) < 4.78 is 11.5. The third kappa shape index (κ3) is 5.71. The van der Waals surface area contributed by atoms with E-state index in [1.807, 2.05) is 60.7 Å². The Morgan fingerprint density at radius 3 is 2.23 bits per heavy atom. The number of hydrogen-bond acceptors (Lipinski definition) is 9. The number of fused-ring (bicyclic) bond motifs is 1. The highest BCUT2D eigenvalue weighted by Gasteiger charge is 2.55. The highest BCUT2D eigenvalue weighted by Crippen LogP contribution is 2.45. The smallest absolute Gasteiger partial charge is 0.408 e. The van der Waals surface area contributed by atoms with E-state index in [2.05, 4.69) is 15.6 Å². The summed E-state index contributed by atoms with van der Waals surface area (Å²) >= 11 is 2.85. The summed E-state index contributed by atoms with van der Waals surface area (Å²) in [4.78, 5) is 46.5. The van der Waals surface area contributed by atoms with Gasteiger partial charge >= 0.3 is 12.1 Å². The molecule has 1 saturated heterocycles. The largest absolute Gasteiger partial charge is 0.448 e. The summed E-state index contributed by atoms with van der Waals surface area (Å²) in [7, 11) is 1.77. The van der Waals surface area contributed by atoms with E-state index < -0.39 is 41.1 Å². The van der Waals surface area contributed by atoms with E-state index in [-0.39, 0.29) is 5.70 Å². The van der Waals surface area contributed by atoms with Crippen molar-refractivity contribution in [2.24, 2.45) is 0 Å². The van der Waals surface area contributed by atoms with Crippen molar-refractivity contribution in [1.29, 1.82) is 0 Å². The van der Waals surface area contributed by atoms with Crippen LogP contribution in [0.2, 0.25) is 0 Å². The summed E-state index contributed by atoms with van der Waals surface area (Å²) in [6.07, 6.45) is 0.324. The molecule has 2 amide bonds. The lowest BCUT2D eigenvalue weighted by molar-refractivity contribution is -0.153. The minimum Gasteiger partial charge on any atom is -0.448 e. The Labute approximate surface area is 241 Å². The SMILES string of the molecule is CNc1ncc(C2=C(C(=O)OC(c3ccccc3)c3ccccc3)N3C(=O)C(NC(=O)OC(C)(C)C)C3SC2)s1. The van der Waals surface area contributed by atoms with Crippen LogP contribution >= 0.6 is 23.1 Å². The fourth-order valence-electron chi connectivity index (χ4n) is 4.51. The van der Waals surface area contributed by atoms with Crippen LogP contribution in [0.4, 0.5) is 9.93 Å². The molecule has 3 heterocycles. The Morgan fingerprint density at radius 2 is 1.68 bits per heavy atom. The van der Waals surface area contributed by atoms with Crippen LogP contribution in [0.3, 0.4) is 0 Å². The lowest BCUT2D eigenvalue weighted by Gasteiger charge is -2.49. The molecule has 0 radical (unpaired) electrons. The number of benzene rings is 2.